The van der Waals surface area contributed by atoms with Crippen molar-refractivity contribution in [2.75, 3.05) is 25.4 Å². The fourth-order valence-electron chi connectivity index (χ4n) is 2.12. The zero-order valence-corrected chi connectivity index (χ0v) is 14.4. The molecule has 3 amide bonds. The first kappa shape index (κ1) is 18.1. The van der Waals surface area contributed by atoms with Crippen LogP contribution in [0.5, 0.6) is 5.75 Å². The first-order valence-corrected chi connectivity index (χ1v) is 8.64. The second kappa shape index (κ2) is 8.58. The average molecular weight is 352 g/mol. The van der Waals surface area contributed by atoms with Crippen LogP contribution in [0.25, 0.3) is 0 Å². The number of rotatable bonds is 7. The van der Waals surface area contributed by atoms with Gasteiger partial charge in [-0.15, -0.1) is 11.8 Å². The average Bonchev–Trinajstić information content (AvgIpc) is 2.99. The summed E-state index contributed by atoms with van der Waals surface area (Å²) in [5, 5.41) is 2.53. The quantitative estimate of drug-likeness (QED) is 0.593. The van der Waals surface area contributed by atoms with Crippen molar-refractivity contribution >= 4 is 29.7 Å². The summed E-state index contributed by atoms with van der Waals surface area (Å²) in [5.41, 5.74) is 0. The van der Waals surface area contributed by atoms with Gasteiger partial charge in [0.15, 0.2) is 6.10 Å². The largest absolute Gasteiger partial charge is 0.494 e. The summed E-state index contributed by atoms with van der Waals surface area (Å²) in [7, 11) is 0. The third-order valence-corrected chi connectivity index (χ3v) is 4.26. The lowest BCUT2D eigenvalue weighted by Crippen LogP contribution is -2.42. The van der Waals surface area contributed by atoms with Gasteiger partial charge in [-0.1, -0.05) is 0 Å². The van der Waals surface area contributed by atoms with Crippen molar-refractivity contribution in [2.45, 2.75) is 24.8 Å². The van der Waals surface area contributed by atoms with Crippen molar-refractivity contribution in [1.29, 1.82) is 0 Å². The Balaban J connectivity index is 1.78. The molecular formula is C16H20N2O5S. The molecule has 24 heavy (non-hydrogen) atoms. The van der Waals surface area contributed by atoms with E-state index in [1.165, 1.54) is 18.7 Å². The number of hydrogen-bond acceptors (Lipinski definition) is 6. The Hall–Kier alpha value is -2.22. The van der Waals surface area contributed by atoms with E-state index in [9.17, 15) is 14.4 Å². The van der Waals surface area contributed by atoms with Crippen LogP contribution in [0.1, 0.15) is 13.8 Å². The molecule has 1 fully saturated rings. The van der Waals surface area contributed by atoms with Gasteiger partial charge in [-0.3, -0.25) is 14.5 Å². The second-order valence-electron chi connectivity index (χ2n) is 5.05. The molecule has 8 heteroatoms. The molecule has 0 aromatic heterocycles. The maximum absolute atomic E-state index is 12.0. The van der Waals surface area contributed by atoms with Gasteiger partial charge in [0.2, 0.25) is 0 Å². The molecule has 0 spiro atoms. The number of hydrogen-bond donors (Lipinski definition) is 1. The van der Waals surface area contributed by atoms with E-state index in [-0.39, 0.29) is 5.75 Å². The molecule has 1 saturated heterocycles. The lowest BCUT2D eigenvalue weighted by Gasteiger charge is -2.18. The van der Waals surface area contributed by atoms with Crippen LogP contribution in [-0.4, -0.2) is 54.4 Å². The zero-order chi connectivity index (χ0) is 17.5. The van der Waals surface area contributed by atoms with Crippen LogP contribution >= 0.6 is 11.8 Å². The molecule has 0 bridgehead atoms. The van der Waals surface area contributed by atoms with E-state index < -0.39 is 24.0 Å². The van der Waals surface area contributed by atoms with Crippen molar-refractivity contribution in [3.05, 3.63) is 24.3 Å². The molecule has 1 N–H and O–H groups in total. The second-order valence-corrected chi connectivity index (χ2v) is 6.10. The lowest BCUT2D eigenvalue weighted by atomic mass is 10.3. The summed E-state index contributed by atoms with van der Waals surface area (Å²) >= 11 is 1.31. The van der Waals surface area contributed by atoms with Gasteiger partial charge >= 0.3 is 12.0 Å². The molecule has 0 saturated carbocycles. The molecule has 1 aromatic carbocycles. The number of imide groups is 1. The number of esters is 1. The van der Waals surface area contributed by atoms with Gasteiger partial charge in [0, 0.05) is 18.0 Å². The first-order chi connectivity index (χ1) is 11.5. The minimum Gasteiger partial charge on any atom is -0.494 e. The lowest BCUT2D eigenvalue weighted by molar-refractivity contribution is -0.155. The Morgan fingerprint density at radius 2 is 2.04 bits per heavy atom. The topological polar surface area (TPSA) is 84.9 Å². The van der Waals surface area contributed by atoms with Gasteiger partial charge < -0.3 is 14.8 Å². The van der Waals surface area contributed by atoms with Gasteiger partial charge in [-0.05, 0) is 38.1 Å². The standard InChI is InChI=1S/C16H20N2O5S/c1-3-22-12-4-6-13(7-5-12)24-10-14(19)23-11(2)15(20)18-9-8-17-16(18)21/h4-7,11H,3,8-10H2,1-2H3,(H,17,21)/t11-/m0/s1. The van der Waals surface area contributed by atoms with Crippen LogP contribution < -0.4 is 10.1 Å². The highest BCUT2D eigenvalue weighted by atomic mass is 32.2. The Bertz CT molecular complexity index is 605. The minimum absolute atomic E-state index is 0.0811. The fraction of sp³-hybridized carbons (Fsp3) is 0.438. The molecule has 1 atom stereocenters. The van der Waals surface area contributed by atoms with E-state index in [4.69, 9.17) is 9.47 Å². The summed E-state index contributed by atoms with van der Waals surface area (Å²) in [6.07, 6.45) is -0.984. The number of amides is 3. The number of nitrogens with zero attached hydrogens (tertiary/aromatic N) is 1. The number of thioether (sulfide) groups is 1. The van der Waals surface area contributed by atoms with Crippen molar-refractivity contribution in [2.24, 2.45) is 0 Å². The number of carbonyl (C=O) groups is 3. The molecule has 1 aliphatic rings. The van der Waals surface area contributed by atoms with Crippen molar-refractivity contribution < 1.29 is 23.9 Å². The smallest absolute Gasteiger partial charge is 0.324 e. The van der Waals surface area contributed by atoms with Crippen molar-refractivity contribution in [3.8, 4) is 5.75 Å². The van der Waals surface area contributed by atoms with Crippen molar-refractivity contribution in [1.82, 2.24) is 10.2 Å². The monoisotopic (exact) mass is 352 g/mol. The van der Waals surface area contributed by atoms with Gasteiger partial charge in [0.1, 0.15) is 5.75 Å². The predicted octanol–water partition coefficient (Wildman–Crippen LogP) is 1.66. The molecular weight excluding hydrogens is 332 g/mol. The SMILES string of the molecule is CCOc1ccc(SCC(=O)O[C@@H](C)C(=O)N2CCNC2=O)cc1. The highest BCUT2D eigenvalue weighted by Gasteiger charge is 2.31. The summed E-state index contributed by atoms with van der Waals surface area (Å²) in [6.45, 7) is 4.68. The van der Waals surface area contributed by atoms with Gasteiger partial charge in [0.05, 0.1) is 12.4 Å². The van der Waals surface area contributed by atoms with Gasteiger partial charge in [-0.2, -0.15) is 0 Å². The Morgan fingerprint density at radius 3 is 2.62 bits per heavy atom. The molecule has 0 aliphatic carbocycles. The molecule has 2 rings (SSSR count). The van der Waals surface area contributed by atoms with Crippen LogP contribution in [0.15, 0.2) is 29.2 Å². The van der Waals surface area contributed by atoms with Crippen LogP contribution in [-0.2, 0) is 14.3 Å². The predicted molar refractivity (Wildman–Crippen MR) is 89.0 cm³/mol. The van der Waals surface area contributed by atoms with Crippen molar-refractivity contribution in [3.63, 3.8) is 0 Å². The number of urea groups is 1. The van der Waals surface area contributed by atoms with E-state index in [1.54, 1.807) is 0 Å². The van der Waals surface area contributed by atoms with E-state index >= 15 is 0 Å². The van der Waals surface area contributed by atoms with Crippen LogP contribution in [0.2, 0.25) is 0 Å². The summed E-state index contributed by atoms with van der Waals surface area (Å²) < 4.78 is 10.4. The number of carbonyl (C=O) groups excluding carboxylic acids is 3. The van der Waals surface area contributed by atoms with Gasteiger partial charge in [0.25, 0.3) is 5.91 Å². The highest BCUT2D eigenvalue weighted by molar-refractivity contribution is 8.00. The molecule has 7 nitrogen and oxygen atoms in total. The van der Waals surface area contributed by atoms with E-state index in [2.05, 4.69) is 5.32 Å². The fourth-order valence-corrected chi connectivity index (χ4v) is 2.81. The third-order valence-electron chi connectivity index (χ3n) is 3.27. The maximum atomic E-state index is 12.0. The molecule has 0 unspecified atom stereocenters. The van der Waals surface area contributed by atoms with Crippen LogP contribution in [0.4, 0.5) is 4.79 Å². The summed E-state index contributed by atoms with van der Waals surface area (Å²) in [5.74, 6) is -0.163. The van der Waals surface area contributed by atoms with E-state index in [1.807, 2.05) is 31.2 Å². The van der Waals surface area contributed by atoms with E-state index in [0.29, 0.717) is 19.7 Å². The van der Waals surface area contributed by atoms with Crippen LogP contribution in [0.3, 0.4) is 0 Å². The molecule has 0 radical (unpaired) electrons. The zero-order valence-electron chi connectivity index (χ0n) is 13.6. The Morgan fingerprint density at radius 1 is 1.33 bits per heavy atom. The summed E-state index contributed by atoms with van der Waals surface area (Å²) in [6, 6.07) is 6.91. The van der Waals surface area contributed by atoms with E-state index in [0.717, 1.165) is 15.5 Å². The number of benzene rings is 1. The molecule has 1 heterocycles. The Kier molecular flexibility index (Phi) is 6.48. The first-order valence-electron chi connectivity index (χ1n) is 7.65. The Labute approximate surface area is 144 Å². The highest BCUT2D eigenvalue weighted by Crippen LogP contribution is 2.21. The molecule has 1 aliphatic heterocycles. The maximum Gasteiger partial charge on any atom is 0.324 e. The minimum atomic E-state index is -0.984. The summed E-state index contributed by atoms with van der Waals surface area (Å²) in [4.78, 5) is 37.3. The normalized spacial score (nSPS) is 14.9. The third kappa shape index (κ3) is 4.89. The van der Waals surface area contributed by atoms with Crippen LogP contribution in [0, 0.1) is 0 Å². The number of nitrogens with one attached hydrogen (secondary N) is 1. The van der Waals surface area contributed by atoms with Gasteiger partial charge in [-0.25, -0.2) is 4.79 Å². The number of ether oxygens (including phenoxy) is 2. The molecule has 1 aromatic rings. The molecule has 130 valence electrons.